The third-order valence-electron chi connectivity index (χ3n) is 4.39. The van der Waals surface area contributed by atoms with Gasteiger partial charge in [0.25, 0.3) is 0 Å². The van der Waals surface area contributed by atoms with Crippen molar-refractivity contribution in [1.29, 1.82) is 0 Å². The molecule has 0 radical (unpaired) electrons. The van der Waals surface area contributed by atoms with Crippen LogP contribution in [0.15, 0.2) is 24.3 Å². The average Bonchev–Trinajstić information content (AvgIpc) is 2.72. The molecule has 0 amide bonds. The maximum absolute atomic E-state index is 14.0. The molecule has 5 heteroatoms. The lowest BCUT2D eigenvalue weighted by atomic mass is 9.90. The van der Waals surface area contributed by atoms with Gasteiger partial charge in [-0.2, -0.15) is 0 Å². The zero-order valence-corrected chi connectivity index (χ0v) is 12.0. The van der Waals surface area contributed by atoms with E-state index in [0.29, 0.717) is 12.0 Å². The largest absolute Gasteiger partial charge is 0.468 e. The molecule has 4 nitrogen and oxygen atoms in total. The van der Waals surface area contributed by atoms with Gasteiger partial charge in [-0.3, -0.25) is 9.69 Å². The molecule has 0 aliphatic carbocycles. The molecule has 0 saturated carbocycles. The number of hydrogen-bond acceptors (Lipinski definition) is 4. The van der Waals surface area contributed by atoms with E-state index in [2.05, 4.69) is 0 Å². The number of rotatable bonds is 3. The number of ether oxygens (including phenoxy) is 1. The zero-order chi connectivity index (χ0) is 14.9. The molecular formula is C15H20FNO3. The summed E-state index contributed by atoms with van der Waals surface area (Å²) in [5.74, 6) is -0.893. The Morgan fingerprint density at radius 1 is 1.55 bits per heavy atom. The molecule has 3 atom stereocenters. The van der Waals surface area contributed by atoms with Crippen molar-refractivity contribution in [2.45, 2.75) is 24.9 Å². The van der Waals surface area contributed by atoms with Crippen LogP contribution in [0.25, 0.3) is 0 Å². The molecule has 1 aliphatic heterocycles. The normalized spacial score (nSPS) is 30.4. The molecular weight excluding hydrogens is 261 g/mol. The van der Waals surface area contributed by atoms with Crippen LogP contribution < -0.4 is 0 Å². The lowest BCUT2D eigenvalue weighted by Gasteiger charge is -2.33. The number of methoxy groups -OCH3 is 1. The number of aliphatic hydroxyl groups excluding tert-OH is 1. The molecule has 1 saturated heterocycles. The first-order valence-electron chi connectivity index (χ1n) is 6.62. The van der Waals surface area contributed by atoms with Gasteiger partial charge in [-0.1, -0.05) is 18.2 Å². The van der Waals surface area contributed by atoms with Crippen molar-refractivity contribution in [3.63, 3.8) is 0 Å². The minimum Gasteiger partial charge on any atom is -0.468 e. The second kappa shape index (κ2) is 5.50. The van der Waals surface area contributed by atoms with E-state index < -0.39 is 5.54 Å². The van der Waals surface area contributed by atoms with Gasteiger partial charge < -0.3 is 9.84 Å². The summed E-state index contributed by atoms with van der Waals surface area (Å²) >= 11 is 0. The van der Waals surface area contributed by atoms with E-state index >= 15 is 0 Å². The zero-order valence-electron chi connectivity index (χ0n) is 12.0. The fourth-order valence-corrected chi connectivity index (χ4v) is 3.18. The highest BCUT2D eigenvalue weighted by atomic mass is 19.1. The molecule has 0 bridgehead atoms. The van der Waals surface area contributed by atoms with Gasteiger partial charge in [0.2, 0.25) is 0 Å². The van der Waals surface area contributed by atoms with Crippen LogP contribution in [-0.4, -0.2) is 42.3 Å². The molecule has 2 rings (SSSR count). The number of halogens is 1. The number of carbonyl (C=O) groups is 1. The van der Waals surface area contributed by atoms with Crippen LogP contribution in [0, 0.1) is 11.7 Å². The Balaban J connectivity index is 2.43. The fourth-order valence-electron chi connectivity index (χ4n) is 3.18. The average molecular weight is 281 g/mol. The van der Waals surface area contributed by atoms with Gasteiger partial charge in [0.1, 0.15) is 11.4 Å². The predicted octanol–water partition coefficient (Wildman–Crippen LogP) is 1.74. The molecule has 20 heavy (non-hydrogen) atoms. The van der Waals surface area contributed by atoms with E-state index in [9.17, 15) is 14.3 Å². The molecule has 1 aliphatic rings. The summed E-state index contributed by atoms with van der Waals surface area (Å²) in [6.45, 7) is 1.66. The number of likely N-dealkylation sites (tertiary alicyclic amines) is 1. The Morgan fingerprint density at radius 3 is 2.75 bits per heavy atom. The molecule has 0 aromatic heterocycles. The third kappa shape index (κ3) is 2.21. The Kier molecular flexibility index (Phi) is 4.11. The minimum absolute atomic E-state index is 0.101. The fraction of sp³-hybridized carbons (Fsp3) is 0.533. The number of aliphatic hydroxyl groups is 1. The number of likely N-dealkylation sites (N-methyl/N-ethyl adjacent to an activating group) is 1. The minimum atomic E-state index is -0.852. The third-order valence-corrected chi connectivity index (χ3v) is 4.39. The number of benzene rings is 1. The number of esters is 1. The van der Waals surface area contributed by atoms with Crippen LogP contribution >= 0.6 is 0 Å². The Morgan fingerprint density at radius 2 is 2.20 bits per heavy atom. The first kappa shape index (κ1) is 14.9. The first-order valence-corrected chi connectivity index (χ1v) is 6.62. The summed E-state index contributed by atoms with van der Waals surface area (Å²) in [7, 11) is 3.11. The summed E-state index contributed by atoms with van der Waals surface area (Å²) in [5.41, 5.74) is -0.351. The predicted molar refractivity (Wildman–Crippen MR) is 72.5 cm³/mol. The topological polar surface area (TPSA) is 49.8 Å². The van der Waals surface area contributed by atoms with Gasteiger partial charge in [-0.05, 0) is 26.5 Å². The second-order valence-corrected chi connectivity index (χ2v) is 5.49. The summed E-state index contributed by atoms with van der Waals surface area (Å²) in [4.78, 5) is 13.8. The lowest BCUT2D eigenvalue weighted by molar-refractivity contribution is -0.152. The first-order chi connectivity index (χ1) is 9.45. The highest BCUT2D eigenvalue weighted by Crippen LogP contribution is 2.46. The van der Waals surface area contributed by atoms with Crippen molar-refractivity contribution >= 4 is 5.97 Å². The molecule has 1 aromatic rings. The van der Waals surface area contributed by atoms with Crippen LogP contribution in [0.3, 0.4) is 0 Å². The number of carbonyl (C=O) groups excluding carboxylic acids is 1. The maximum Gasteiger partial charge on any atom is 0.326 e. The van der Waals surface area contributed by atoms with Crippen LogP contribution in [0.5, 0.6) is 0 Å². The summed E-state index contributed by atoms with van der Waals surface area (Å²) in [6.07, 6.45) is 0.436. The Labute approximate surface area is 118 Å². The summed E-state index contributed by atoms with van der Waals surface area (Å²) in [5, 5.41) is 9.59. The van der Waals surface area contributed by atoms with Crippen molar-refractivity contribution in [1.82, 2.24) is 4.90 Å². The summed E-state index contributed by atoms with van der Waals surface area (Å²) in [6, 6.07) is 6.13. The van der Waals surface area contributed by atoms with E-state index in [1.54, 1.807) is 37.1 Å². The van der Waals surface area contributed by atoms with E-state index in [4.69, 9.17) is 4.74 Å². The SMILES string of the molecule is COC(=O)C1(C)CC(CO)C(c2ccccc2F)N1C. The van der Waals surface area contributed by atoms with Crippen LogP contribution in [0.2, 0.25) is 0 Å². The van der Waals surface area contributed by atoms with Gasteiger partial charge in [-0.15, -0.1) is 0 Å². The van der Waals surface area contributed by atoms with Gasteiger partial charge >= 0.3 is 5.97 Å². The highest BCUT2D eigenvalue weighted by molar-refractivity contribution is 5.80. The van der Waals surface area contributed by atoms with Crippen molar-refractivity contribution in [2.75, 3.05) is 20.8 Å². The standard InChI is InChI=1S/C15H20FNO3/c1-15(14(19)20-3)8-10(9-18)13(17(15)2)11-6-4-5-7-12(11)16/h4-7,10,13,18H,8-9H2,1-3H3. The highest BCUT2D eigenvalue weighted by Gasteiger charge is 2.52. The van der Waals surface area contributed by atoms with E-state index in [-0.39, 0.29) is 30.4 Å². The van der Waals surface area contributed by atoms with Crippen molar-refractivity contribution in [3.8, 4) is 0 Å². The molecule has 1 aromatic carbocycles. The molecule has 1 N–H and O–H groups in total. The van der Waals surface area contributed by atoms with Crippen LogP contribution in [0.4, 0.5) is 4.39 Å². The van der Waals surface area contributed by atoms with Gasteiger partial charge in [0.15, 0.2) is 0 Å². The van der Waals surface area contributed by atoms with E-state index in [1.807, 2.05) is 0 Å². The van der Waals surface area contributed by atoms with Crippen LogP contribution in [-0.2, 0) is 9.53 Å². The molecule has 3 unspecified atom stereocenters. The van der Waals surface area contributed by atoms with Crippen LogP contribution in [0.1, 0.15) is 24.9 Å². The number of hydrogen-bond donors (Lipinski definition) is 1. The van der Waals surface area contributed by atoms with Crippen molar-refractivity contribution in [3.05, 3.63) is 35.6 Å². The second-order valence-electron chi connectivity index (χ2n) is 5.49. The Hall–Kier alpha value is -1.46. The summed E-state index contributed by atoms with van der Waals surface area (Å²) < 4.78 is 18.9. The van der Waals surface area contributed by atoms with Gasteiger partial charge in [0, 0.05) is 24.1 Å². The molecule has 110 valence electrons. The van der Waals surface area contributed by atoms with E-state index in [0.717, 1.165) is 0 Å². The lowest BCUT2D eigenvalue weighted by Crippen LogP contribution is -2.47. The molecule has 1 fully saturated rings. The number of nitrogens with zero attached hydrogens (tertiary/aromatic N) is 1. The molecule has 0 spiro atoms. The van der Waals surface area contributed by atoms with Gasteiger partial charge in [0.05, 0.1) is 7.11 Å². The smallest absolute Gasteiger partial charge is 0.326 e. The van der Waals surface area contributed by atoms with E-state index in [1.165, 1.54) is 13.2 Å². The maximum atomic E-state index is 14.0. The van der Waals surface area contributed by atoms with Crippen molar-refractivity contribution in [2.24, 2.45) is 5.92 Å². The quantitative estimate of drug-likeness (QED) is 0.858. The van der Waals surface area contributed by atoms with Gasteiger partial charge in [-0.25, -0.2) is 4.39 Å². The van der Waals surface area contributed by atoms with Crippen molar-refractivity contribution < 1.29 is 19.0 Å². The monoisotopic (exact) mass is 281 g/mol. The Bertz CT molecular complexity index is 508. The molecule has 1 heterocycles.